The zero-order chi connectivity index (χ0) is 22.1. The van der Waals surface area contributed by atoms with Gasteiger partial charge in [-0.3, -0.25) is 4.79 Å². The fraction of sp³-hybridized carbons (Fsp3) is 0.364. The molecule has 2 aromatic carbocycles. The molecule has 0 radical (unpaired) electrons. The second-order valence-corrected chi connectivity index (χ2v) is 13.2. The Morgan fingerprint density at radius 3 is 2.40 bits per heavy atom. The minimum absolute atomic E-state index is 0.213. The Bertz CT molecular complexity index is 957. The molecule has 0 spiro atoms. The molecule has 2 aromatic rings. The van der Waals surface area contributed by atoms with Crippen LogP contribution in [0.5, 0.6) is 11.5 Å². The molecule has 3 rings (SSSR count). The lowest BCUT2D eigenvalue weighted by molar-refractivity contribution is -0.149. The molecule has 0 heterocycles. The van der Waals surface area contributed by atoms with E-state index in [0.29, 0.717) is 17.1 Å². The third-order valence-electron chi connectivity index (χ3n) is 5.28. The van der Waals surface area contributed by atoms with Crippen molar-refractivity contribution in [2.45, 2.75) is 28.0 Å². The molecule has 1 aliphatic carbocycles. The van der Waals surface area contributed by atoms with E-state index in [-0.39, 0.29) is 5.92 Å². The quantitative estimate of drug-likeness (QED) is 0.260. The summed E-state index contributed by atoms with van der Waals surface area (Å²) in [5.74, 6) is 0.0660. The van der Waals surface area contributed by atoms with E-state index in [0.717, 1.165) is 0 Å². The maximum Gasteiger partial charge on any atom is 0.311 e. The molecule has 4 nitrogen and oxygen atoms in total. The number of hydrogen-bond donors (Lipinski definition) is 0. The Balaban J connectivity index is 1.72. The summed E-state index contributed by atoms with van der Waals surface area (Å²) >= 11 is 19.2. The van der Waals surface area contributed by atoms with E-state index >= 15 is 0 Å². The topological polar surface area (TPSA) is 59.3 Å². The fourth-order valence-electron chi connectivity index (χ4n) is 3.60. The average Bonchev–Trinajstić information content (AvgIpc) is 3.27. The van der Waals surface area contributed by atoms with Crippen molar-refractivity contribution in [1.29, 1.82) is 5.26 Å². The van der Waals surface area contributed by atoms with Crippen LogP contribution in [0.4, 0.5) is 0 Å². The van der Waals surface area contributed by atoms with Crippen molar-refractivity contribution in [1.82, 2.24) is 0 Å². The Morgan fingerprint density at radius 1 is 1.17 bits per heavy atom. The van der Waals surface area contributed by atoms with Crippen molar-refractivity contribution >= 4 is 61.0 Å². The van der Waals surface area contributed by atoms with E-state index in [1.54, 1.807) is 24.3 Å². The first kappa shape index (κ1) is 23.4. The molecule has 0 saturated heterocycles. The lowest BCUT2D eigenvalue weighted by Gasteiger charge is -2.20. The van der Waals surface area contributed by atoms with Crippen LogP contribution in [0.2, 0.25) is 0 Å². The molecule has 1 fully saturated rings. The van der Waals surface area contributed by atoms with Crippen molar-refractivity contribution in [2.75, 3.05) is 0 Å². The van der Waals surface area contributed by atoms with Crippen molar-refractivity contribution in [3.8, 4) is 17.6 Å². The van der Waals surface area contributed by atoms with Gasteiger partial charge in [0.15, 0.2) is 2.69 Å². The highest BCUT2D eigenvalue weighted by atomic mass is 79.9. The Kier molecular flexibility index (Phi) is 7.08. The van der Waals surface area contributed by atoms with E-state index in [2.05, 4.69) is 31.9 Å². The first-order valence-corrected chi connectivity index (χ1v) is 11.6. The van der Waals surface area contributed by atoms with E-state index in [9.17, 15) is 10.1 Å². The van der Waals surface area contributed by atoms with Crippen molar-refractivity contribution in [3.63, 3.8) is 0 Å². The summed E-state index contributed by atoms with van der Waals surface area (Å²) in [5, 5.41) is 9.06. The molecule has 158 valence electrons. The Hall–Kier alpha value is -1.26. The van der Waals surface area contributed by atoms with Gasteiger partial charge in [0, 0.05) is 5.56 Å². The standard InChI is InChI=1S/C22H19Br2Cl2NO3/c1-21(2)17(19(25)22(23,24)26)18(21)20(28)30-16(12-27)13-7-6-10-15(11-13)29-14-8-4-3-5-9-14/h3-11,16-19H,1-2H3/t16-,17-,18-,19-/m0/s1. The highest BCUT2D eigenvalue weighted by Crippen LogP contribution is 2.65. The third kappa shape index (κ3) is 5.13. The largest absolute Gasteiger partial charge is 0.457 e. The third-order valence-corrected chi connectivity index (χ3v) is 7.74. The number of nitrogens with zero attached hydrogens (tertiary/aromatic N) is 1. The predicted molar refractivity (Wildman–Crippen MR) is 124 cm³/mol. The first-order valence-electron chi connectivity index (χ1n) is 9.19. The number of hydrogen-bond acceptors (Lipinski definition) is 4. The molecule has 0 amide bonds. The monoisotopic (exact) mass is 573 g/mol. The number of carbonyl (C=O) groups excluding carboxylic acids is 1. The highest BCUT2D eigenvalue weighted by Gasteiger charge is 2.68. The SMILES string of the molecule is CC1(C)[C@H]([C@H](Cl)C(Cl)(Br)Br)[C@H]1C(=O)O[C@@H](C#N)c1cccc(Oc2ccccc2)c1. The van der Waals surface area contributed by atoms with Crippen LogP contribution < -0.4 is 4.74 Å². The molecular weight excluding hydrogens is 557 g/mol. The van der Waals surface area contributed by atoms with Gasteiger partial charge in [0.05, 0.1) is 11.3 Å². The predicted octanol–water partition coefficient (Wildman–Crippen LogP) is 7.15. The van der Waals surface area contributed by atoms with Crippen LogP contribution in [0.15, 0.2) is 54.6 Å². The maximum atomic E-state index is 12.8. The lowest BCUT2D eigenvalue weighted by atomic mass is 10.1. The minimum atomic E-state index is -1.06. The van der Waals surface area contributed by atoms with Crippen LogP contribution in [0, 0.1) is 28.6 Å². The zero-order valence-electron chi connectivity index (χ0n) is 16.2. The number of benzene rings is 2. The molecule has 8 heteroatoms. The molecule has 0 aromatic heterocycles. The number of ether oxygens (including phenoxy) is 2. The van der Waals surface area contributed by atoms with Crippen molar-refractivity contribution < 1.29 is 14.3 Å². The highest BCUT2D eigenvalue weighted by molar-refractivity contribution is 9.26. The van der Waals surface area contributed by atoms with E-state index in [4.69, 9.17) is 32.7 Å². The summed E-state index contributed by atoms with van der Waals surface area (Å²) < 4.78 is 10.3. The molecular formula is C22H19Br2Cl2NO3. The van der Waals surface area contributed by atoms with Gasteiger partial charge < -0.3 is 9.47 Å². The van der Waals surface area contributed by atoms with Gasteiger partial charge in [-0.25, -0.2) is 0 Å². The van der Waals surface area contributed by atoms with Gasteiger partial charge in [-0.05, 0) is 35.6 Å². The molecule has 1 aliphatic rings. The number of nitriles is 1. The van der Waals surface area contributed by atoms with E-state index in [1.807, 2.05) is 50.2 Å². The Morgan fingerprint density at radius 2 is 1.80 bits per heavy atom. The summed E-state index contributed by atoms with van der Waals surface area (Å²) in [6.45, 7) is 3.86. The summed E-state index contributed by atoms with van der Waals surface area (Å²) in [5.41, 5.74) is 0.132. The van der Waals surface area contributed by atoms with Gasteiger partial charge in [0.25, 0.3) is 0 Å². The van der Waals surface area contributed by atoms with Crippen LogP contribution in [0.25, 0.3) is 0 Å². The number of halogens is 4. The van der Waals surface area contributed by atoms with Gasteiger partial charge in [0.2, 0.25) is 6.10 Å². The molecule has 0 N–H and O–H groups in total. The molecule has 0 bridgehead atoms. The lowest BCUT2D eigenvalue weighted by Crippen LogP contribution is -2.24. The van der Waals surface area contributed by atoms with Crippen molar-refractivity contribution in [3.05, 3.63) is 60.2 Å². The smallest absolute Gasteiger partial charge is 0.311 e. The molecule has 4 atom stereocenters. The van der Waals surface area contributed by atoms with Gasteiger partial charge in [-0.1, -0.05) is 87.6 Å². The summed E-state index contributed by atoms with van der Waals surface area (Å²) in [4.78, 5) is 12.8. The second-order valence-electron chi connectivity index (χ2n) is 7.70. The summed E-state index contributed by atoms with van der Waals surface area (Å²) in [7, 11) is 0. The molecule has 30 heavy (non-hydrogen) atoms. The van der Waals surface area contributed by atoms with E-state index < -0.39 is 31.5 Å². The van der Waals surface area contributed by atoms with Crippen LogP contribution >= 0.6 is 55.1 Å². The molecule has 0 unspecified atom stereocenters. The average molecular weight is 576 g/mol. The zero-order valence-corrected chi connectivity index (χ0v) is 20.9. The molecule has 0 aliphatic heterocycles. The van der Waals surface area contributed by atoms with Gasteiger partial charge >= 0.3 is 5.97 Å². The van der Waals surface area contributed by atoms with E-state index in [1.165, 1.54) is 0 Å². The van der Waals surface area contributed by atoms with Crippen molar-refractivity contribution in [2.24, 2.45) is 17.3 Å². The van der Waals surface area contributed by atoms with Crippen LogP contribution in [0.3, 0.4) is 0 Å². The normalized spacial score (nSPS) is 21.8. The number of esters is 1. The second kappa shape index (κ2) is 9.08. The molecule has 1 saturated carbocycles. The number of rotatable bonds is 7. The number of alkyl halides is 4. The van der Waals surface area contributed by atoms with Crippen LogP contribution in [-0.2, 0) is 9.53 Å². The number of carbonyl (C=O) groups is 1. The minimum Gasteiger partial charge on any atom is -0.457 e. The van der Waals surface area contributed by atoms with Gasteiger partial charge in [0.1, 0.15) is 17.6 Å². The summed E-state index contributed by atoms with van der Waals surface area (Å²) in [6, 6.07) is 18.3. The van der Waals surface area contributed by atoms with Crippen LogP contribution in [-0.4, -0.2) is 14.0 Å². The fourth-order valence-corrected chi connectivity index (χ4v) is 4.78. The first-order chi connectivity index (χ1) is 14.1. The van der Waals surface area contributed by atoms with Gasteiger partial charge in [-0.15, -0.1) is 11.6 Å². The maximum absolute atomic E-state index is 12.8. The Labute approximate surface area is 202 Å². The number of para-hydroxylation sites is 1. The van der Waals surface area contributed by atoms with Crippen LogP contribution in [0.1, 0.15) is 25.5 Å². The van der Waals surface area contributed by atoms with Gasteiger partial charge in [-0.2, -0.15) is 5.26 Å². The summed E-state index contributed by atoms with van der Waals surface area (Å²) in [6.07, 6.45) is -1.06.